The van der Waals surface area contributed by atoms with Crippen molar-refractivity contribution in [3.63, 3.8) is 0 Å². The number of rotatable bonds is 8. The van der Waals surface area contributed by atoms with Crippen molar-refractivity contribution in [2.24, 2.45) is 0 Å². The van der Waals surface area contributed by atoms with E-state index in [0.29, 0.717) is 0 Å². The lowest BCUT2D eigenvalue weighted by molar-refractivity contribution is -0.128. The summed E-state index contributed by atoms with van der Waals surface area (Å²) in [5.74, 6) is -0.201. The zero-order chi connectivity index (χ0) is 24.4. The number of nitrogens with one attached hydrogen (secondary N) is 2. The van der Waals surface area contributed by atoms with Crippen molar-refractivity contribution in [3.8, 4) is 0 Å². The van der Waals surface area contributed by atoms with E-state index in [1.807, 2.05) is 0 Å². The number of aromatic nitrogens is 4. The summed E-state index contributed by atoms with van der Waals surface area (Å²) in [5, 5.41) is 13.6. The van der Waals surface area contributed by atoms with Crippen molar-refractivity contribution < 1.29 is 56.3 Å². The molecule has 33 heavy (non-hydrogen) atoms. The largest absolute Gasteiger partial charge is 0.490 e. The zero-order valence-corrected chi connectivity index (χ0v) is 18.7. The van der Waals surface area contributed by atoms with Crippen LogP contribution in [-0.2, 0) is 31.6 Å². The maximum absolute atomic E-state index is 12.0. The van der Waals surface area contributed by atoms with Crippen molar-refractivity contribution in [3.05, 3.63) is 16.7 Å². The normalized spacial score (nSPS) is 31.0. The van der Waals surface area contributed by atoms with E-state index in [1.54, 1.807) is 0 Å². The highest BCUT2D eigenvalue weighted by Crippen LogP contribution is 2.66. The molecule has 0 spiro atoms. The summed E-state index contributed by atoms with van der Waals surface area (Å²) >= 11 is 0. The first-order valence-electron chi connectivity index (χ1n) is 8.71. The third kappa shape index (κ3) is 4.82. The van der Waals surface area contributed by atoms with Crippen LogP contribution >= 0.6 is 23.5 Å². The zero-order valence-electron chi connectivity index (χ0n) is 16.0. The number of anilines is 1. The molecule has 2 saturated heterocycles. The molecule has 22 heteroatoms. The van der Waals surface area contributed by atoms with Gasteiger partial charge >= 0.3 is 23.5 Å². The Labute approximate surface area is 181 Å². The van der Waals surface area contributed by atoms with Crippen LogP contribution in [0.3, 0.4) is 0 Å². The van der Waals surface area contributed by atoms with Crippen molar-refractivity contribution in [1.82, 2.24) is 24.8 Å². The lowest BCUT2D eigenvalue weighted by atomic mass is 10.0. The molecule has 0 radical (unpaired) electrons. The van der Waals surface area contributed by atoms with Gasteiger partial charge in [-0.3, -0.25) is 18.9 Å². The minimum atomic E-state index is -5.71. The van der Waals surface area contributed by atoms with Crippen LogP contribution in [0.25, 0.3) is 11.2 Å². The van der Waals surface area contributed by atoms with Crippen molar-refractivity contribution in [2.45, 2.75) is 24.0 Å². The highest BCUT2D eigenvalue weighted by Gasteiger charge is 2.61. The number of aliphatic hydroxyl groups is 1. The third-order valence-electron chi connectivity index (χ3n) is 4.79. The van der Waals surface area contributed by atoms with E-state index in [0.717, 1.165) is 0 Å². The molecule has 2 fully saturated rings. The fraction of sp³-hybridized carbons (Fsp3) is 0.545. The van der Waals surface area contributed by atoms with Crippen LogP contribution in [-0.4, -0.2) is 75.1 Å². The van der Waals surface area contributed by atoms with Gasteiger partial charge in [0.25, 0.3) is 5.56 Å². The number of phosphoric ester groups is 1. The number of nitrogen functional groups attached to an aromatic ring is 1. The number of morpholine rings is 1. The molecule has 2 aromatic rings. The molecule has 0 aromatic carbocycles. The van der Waals surface area contributed by atoms with Gasteiger partial charge in [0.15, 0.2) is 17.4 Å². The fourth-order valence-corrected chi connectivity index (χ4v) is 6.62. The van der Waals surface area contributed by atoms with Crippen molar-refractivity contribution in [1.29, 1.82) is 0 Å². The van der Waals surface area contributed by atoms with Crippen LogP contribution in [0.2, 0.25) is 0 Å². The predicted octanol–water partition coefficient (Wildman–Crippen LogP) is -2.35. The van der Waals surface area contributed by atoms with Gasteiger partial charge < -0.3 is 40.5 Å². The first kappa shape index (κ1) is 24.6. The number of hydrogen-bond donors (Lipinski definition) is 8. The quantitative estimate of drug-likeness (QED) is 0.164. The molecule has 0 saturated carbocycles. The van der Waals surface area contributed by atoms with Crippen LogP contribution in [0.4, 0.5) is 5.95 Å². The van der Waals surface area contributed by atoms with Crippen molar-refractivity contribution in [2.75, 3.05) is 18.9 Å². The second kappa shape index (κ2) is 8.00. The number of phosphoric acid groups is 3. The van der Waals surface area contributed by atoms with Gasteiger partial charge in [0.05, 0.1) is 19.0 Å². The maximum Gasteiger partial charge on any atom is 0.490 e. The Morgan fingerprint density at radius 2 is 1.94 bits per heavy atom. The number of aliphatic hydroxyl groups excluding tert-OH is 1. The topological polar surface area (TPSA) is 291 Å². The molecule has 2 aromatic heterocycles. The molecule has 4 heterocycles. The van der Waals surface area contributed by atoms with Gasteiger partial charge in [-0.25, -0.2) is 18.7 Å². The van der Waals surface area contributed by atoms with E-state index < -0.39 is 59.6 Å². The second-order valence-electron chi connectivity index (χ2n) is 7.06. The minimum absolute atomic E-state index is 0.0332. The molecule has 6 atom stereocenters. The average Bonchev–Trinajstić information content (AvgIpc) is 3.27. The lowest BCUT2D eigenvalue weighted by Gasteiger charge is -2.31. The predicted molar refractivity (Wildman–Crippen MR) is 103 cm³/mol. The van der Waals surface area contributed by atoms with E-state index in [1.165, 1.54) is 10.9 Å². The van der Waals surface area contributed by atoms with Gasteiger partial charge in [0.1, 0.15) is 11.7 Å². The number of hydrogen-bond acceptors (Lipinski definition) is 13. The van der Waals surface area contributed by atoms with Crippen LogP contribution in [0.5, 0.6) is 0 Å². The van der Waals surface area contributed by atoms with E-state index >= 15 is 0 Å². The SMILES string of the molecule is Nc1nc2c(ncn2[C@@H]2O[C@@]3(COP(=O)(O)OP(=O)(O)OP(=O)(O)O)CN[C@@H]2[C@@H]3O)c(=O)[nH]1. The molecule has 0 amide bonds. The van der Waals surface area contributed by atoms with Gasteiger partial charge in [-0.1, -0.05) is 0 Å². The summed E-state index contributed by atoms with van der Waals surface area (Å²) in [5.41, 5.74) is 3.23. The Hall–Kier alpha value is -1.56. The summed E-state index contributed by atoms with van der Waals surface area (Å²) in [6.07, 6.45) is -1.18. The van der Waals surface area contributed by atoms with Gasteiger partial charge in [-0.15, -0.1) is 0 Å². The first-order chi connectivity index (χ1) is 15.1. The Kier molecular flexibility index (Phi) is 5.95. The van der Waals surface area contributed by atoms with E-state index in [-0.39, 0.29) is 23.7 Å². The number of nitrogens with zero attached hydrogens (tertiary/aromatic N) is 3. The standard InChI is InChI=1S/C11H17N6O13P3/c12-10-15-7-5(8(19)16-10)14-3-17(7)9-4-6(18)11(28-9,1-13-4)2-27-32(23,24)30-33(25,26)29-31(20,21)22/h3-4,6,9,13,18H,1-2H2,(H,23,24)(H,25,26)(H2,20,21,22)(H3,12,15,16,19)/t4-,6+,9-,11-/m1/s1. The molecule has 2 aliphatic rings. The van der Waals surface area contributed by atoms with Gasteiger partial charge in [-0.05, 0) is 0 Å². The number of aromatic amines is 1. The number of imidazole rings is 1. The number of nitrogens with two attached hydrogens (primary N) is 1. The van der Waals surface area contributed by atoms with Gasteiger partial charge in [-0.2, -0.15) is 13.6 Å². The monoisotopic (exact) mass is 534 g/mol. The lowest BCUT2D eigenvalue weighted by Crippen LogP contribution is -2.46. The van der Waals surface area contributed by atoms with Crippen LogP contribution in [0.1, 0.15) is 6.23 Å². The molecular weight excluding hydrogens is 517 g/mol. The van der Waals surface area contributed by atoms with E-state index in [9.17, 15) is 33.4 Å². The van der Waals surface area contributed by atoms with Crippen molar-refractivity contribution >= 4 is 40.6 Å². The molecule has 4 rings (SSSR count). The smallest absolute Gasteiger partial charge is 0.388 e. The fourth-order valence-electron chi connectivity index (χ4n) is 3.54. The molecule has 0 aliphatic carbocycles. The molecule has 2 aliphatic heterocycles. The first-order valence-corrected chi connectivity index (χ1v) is 13.2. The van der Waals surface area contributed by atoms with E-state index in [4.69, 9.17) is 20.3 Å². The maximum atomic E-state index is 12.0. The summed E-state index contributed by atoms with van der Waals surface area (Å²) in [7, 11) is -16.7. The number of fused-ring (bicyclic) bond motifs is 3. The molecule has 9 N–H and O–H groups in total. The summed E-state index contributed by atoms with van der Waals surface area (Å²) in [6.45, 7) is -0.978. The highest BCUT2D eigenvalue weighted by atomic mass is 31.3. The molecule has 19 nitrogen and oxygen atoms in total. The average molecular weight is 534 g/mol. The van der Waals surface area contributed by atoms with Gasteiger partial charge in [0.2, 0.25) is 5.95 Å². The summed E-state index contributed by atoms with van der Waals surface area (Å²) < 4.78 is 53.2. The Morgan fingerprint density at radius 3 is 2.61 bits per heavy atom. The summed E-state index contributed by atoms with van der Waals surface area (Å²) in [6, 6.07) is -0.825. The molecule has 2 unspecified atom stereocenters. The Morgan fingerprint density at radius 1 is 1.24 bits per heavy atom. The molecule has 2 bridgehead atoms. The second-order valence-corrected chi connectivity index (χ2v) is 11.5. The van der Waals surface area contributed by atoms with Gasteiger partial charge in [0, 0.05) is 6.54 Å². The Bertz CT molecular complexity index is 1290. The number of ether oxygens (including phenoxy) is 1. The third-order valence-corrected chi connectivity index (χ3v) is 8.57. The van der Waals surface area contributed by atoms with Crippen LogP contribution < -0.4 is 16.6 Å². The highest BCUT2D eigenvalue weighted by molar-refractivity contribution is 7.66. The molecular formula is C11H17N6O13P3. The van der Waals surface area contributed by atoms with E-state index in [2.05, 4.69) is 33.4 Å². The van der Waals surface area contributed by atoms with Crippen LogP contribution in [0.15, 0.2) is 11.1 Å². The summed E-state index contributed by atoms with van der Waals surface area (Å²) in [4.78, 5) is 58.2. The Balaban J connectivity index is 1.52. The minimum Gasteiger partial charge on any atom is -0.388 e. The molecule has 184 valence electrons. The van der Waals surface area contributed by atoms with Crippen LogP contribution in [0, 0.1) is 0 Å². The number of H-pyrrole nitrogens is 1.